The molecular weight excluding hydrogens is 430 g/mol. The first-order valence-corrected chi connectivity index (χ1v) is 12.3. The average molecular weight is 450 g/mol. The Balaban J connectivity index is 1.28. The molecule has 4 rings (SSSR count). The number of sulfone groups is 1. The number of rotatable bonds is 5. The molecule has 0 unspecified atom stereocenters. The lowest BCUT2D eigenvalue weighted by Crippen LogP contribution is -2.24. The maximum atomic E-state index is 12.2. The highest BCUT2D eigenvalue weighted by molar-refractivity contribution is 8.15. The van der Waals surface area contributed by atoms with Gasteiger partial charge in [-0.15, -0.1) is 0 Å². The van der Waals surface area contributed by atoms with E-state index in [9.17, 15) is 13.2 Å². The number of thioether (sulfide) groups is 1. The van der Waals surface area contributed by atoms with Gasteiger partial charge in [-0.2, -0.15) is 0 Å². The minimum Gasteiger partial charge on any atom is -0.352 e. The molecule has 6 nitrogen and oxygen atoms in total. The van der Waals surface area contributed by atoms with Crippen molar-refractivity contribution in [2.75, 3.05) is 16.8 Å². The van der Waals surface area contributed by atoms with Crippen molar-refractivity contribution in [2.45, 2.75) is 24.3 Å². The number of hydrogen-bond donors (Lipinski definition) is 2. The Hall–Kier alpha value is -2.03. The molecule has 2 aliphatic heterocycles. The molecule has 29 heavy (non-hydrogen) atoms. The van der Waals surface area contributed by atoms with Crippen LogP contribution in [0.25, 0.3) is 0 Å². The molecule has 9 heteroatoms. The molecule has 152 valence electrons. The molecule has 0 spiro atoms. The number of aliphatic imine (C=N–C) groups is 1. The molecule has 1 saturated heterocycles. The van der Waals surface area contributed by atoms with E-state index in [1.54, 1.807) is 6.07 Å². The summed E-state index contributed by atoms with van der Waals surface area (Å²) >= 11 is 7.58. The quantitative estimate of drug-likeness (QED) is 0.732. The fourth-order valence-corrected chi connectivity index (χ4v) is 7.21. The fourth-order valence-electron chi connectivity index (χ4n) is 3.33. The van der Waals surface area contributed by atoms with Gasteiger partial charge in [0.2, 0.25) is 5.91 Å². The first-order chi connectivity index (χ1) is 13.9. The van der Waals surface area contributed by atoms with Crippen LogP contribution in [0.4, 0.5) is 5.69 Å². The monoisotopic (exact) mass is 449 g/mol. The number of halogens is 1. The van der Waals surface area contributed by atoms with Crippen LogP contribution in [0, 0.1) is 0 Å². The van der Waals surface area contributed by atoms with Gasteiger partial charge in [-0.25, -0.2) is 8.42 Å². The molecular formula is C20H20ClN3O3S2. The normalized spacial score (nSPS) is 22.0. The number of amidine groups is 1. The van der Waals surface area contributed by atoms with Crippen molar-refractivity contribution >= 4 is 50.0 Å². The first-order valence-electron chi connectivity index (χ1n) is 9.19. The Morgan fingerprint density at radius 2 is 1.90 bits per heavy atom. The van der Waals surface area contributed by atoms with Crippen LogP contribution in [0.5, 0.6) is 0 Å². The second-order valence-corrected chi connectivity index (χ2v) is 10.9. The van der Waals surface area contributed by atoms with Crippen LogP contribution >= 0.6 is 23.4 Å². The third-order valence-electron chi connectivity index (χ3n) is 4.82. The Labute approximate surface area is 179 Å². The molecule has 0 saturated carbocycles. The maximum absolute atomic E-state index is 12.2. The van der Waals surface area contributed by atoms with Gasteiger partial charge >= 0.3 is 0 Å². The summed E-state index contributed by atoms with van der Waals surface area (Å²) in [7, 11) is -2.94. The van der Waals surface area contributed by atoms with E-state index in [4.69, 9.17) is 11.6 Å². The fraction of sp³-hybridized carbons (Fsp3) is 0.300. The van der Waals surface area contributed by atoms with Crippen molar-refractivity contribution in [1.82, 2.24) is 5.32 Å². The van der Waals surface area contributed by atoms with Gasteiger partial charge in [-0.3, -0.25) is 9.79 Å². The van der Waals surface area contributed by atoms with Gasteiger partial charge in [0.1, 0.15) is 0 Å². The Kier molecular flexibility index (Phi) is 5.85. The Morgan fingerprint density at radius 1 is 1.14 bits per heavy atom. The van der Waals surface area contributed by atoms with Crippen molar-refractivity contribution in [3.63, 3.8) is 0 Å². The van der Waals surface area contributed by atoms with Crippen LogP contribution < -0.4 is 10.6 Å². The molecule has 2 atom stereocenters. The number of anilines is 1. The highest BCUT2D eigenvalue weighted by Gasteiger charge is 2.42. The van der Waals surface area contributed by atoms with Crippen LogP contribution in [-0.4, -0.2) is 42.3 Å². The zero-order valence-corrected chi connectivity index (χ0v) is 17.9. The molecule has 2 aromatic rings. The van der Waals surface area contributed by atoms with Crippen LogP contribution in [-0.2, 0) is 27.6 Å². The van der Waals surface area contributed by atoms with E-state index in [1.165, 1.54) is 11.8 Å². The topological polar surface area (TPSA) is 87.6 Å². The Morgan fingerprint density at radius 3 is 2.62 bits per heavy atom. The van der Waals surface area contributed by atoms with Gasteiger partial charge in [-0.1, -0.05) is 53.7 Å². The number of amides is 1. The summed E-state index contributed by atoms with van der Waals surface area (Å²) in [5.41, 5.74) is 2.64. The second kappa shape index (κ2) is 8.38. The van der Waals surface area contributed by atoms with E-state index in [0.717, 1.165) is 22.0 Å². The summed E-state index contributed by atoms with van der Waals surface area (Å²) in [6.07, 6.45) is 0.280. The van der Waals surface area contributed by atoms with E-state index in [1.807, 2.05) is 42.5 Å². The standard InChI is InChI=1S/C20H20ClN3O3S2/c21-16-4-2-1-3-14(16)10-22-19(25)9-13-5-7-15(8-6-13)23-20-24-17-11-29(26,27)12-18(17)28-20/h1-8,17-18H,9-12H2,(H,22,25)(H,23,24)/t17-,18-/m1/s1. The van der Waals surface area contributed by atoms with Crippen LogP contribution in [0.3, 0.4) is 0 Å². The SMILES string of the molecule is O=C(Cc1ccc(NC2=N[C@@H]3CS(=O)(=O)C[C@H]3S2)cc1)NCc1ccccc1Cl. The van der Waals surface area contributed by atoms with E-state index < -0.39 is 9.84 Å². The zero-order valence-electron chi connectivity index (χ0n) is 15.5. The summed E-state index contributed by atoms with van der Waals surface area (Å²) in [6, 6.07) is 14.9. The van der Waals surface area contributed by atoms with E-state index in [-0.39, 0.29) is 35.1 Å². The Bertz CT molecular complexity index is 1050. The summed E-state index contributed by atoms with van der Waals surface area (Å²) in [6.45, 7) is 0.396. The lowest BCUT2D eigenvalue weighted by Gasteiger charge is -2.09. The van der Waals surface area contributed by atoms with E-state index in [2.05, 4.69) is 15.6 Å². The van der Waals surface area contributed by atoms with Crippen LogP contribution in [0.1, 0.15) is 11.1 Å². The van der Waals surface area contributed by atoms with Crippen LogP contribution in [0.2, 0.25) is 5.02 Å². The number of carbonyl (C=O) groups excluding carboxylic acids is 1. The second-order valence-electron chi connectivity index (χ2n) is 7.10. The average Bonchev–Trinajstić information content (AvgIpc) is 3.15. The molecule has 2 aliphatic rings. The molecule has 0 aromatic heterocycles. The molecule has 2 aromatic carbocycles. The van der Waals surface area contributed by atoms with E-state index >= 15 is 0 Å². The van der Waals surface area contributed by atoms with Gasteiger partial charge in [0, 0.05) is 22.5 Å². The van der Waals surface area contributed by atoms with Crippen molar-refractivity contribution in [3.8, 4) is 0 Å². The van der Waals surface area contributed by atoms with Gasteiger partial charge in [0.05, 0.1) is 24.0 Å². The van der Waals surface area contributed by atoms with Gasteiger partial charge in [0.15, 0.2) is 15.0 Å². The summed E-state index contributed by atoms with van der Waals surface area (Å²) in [5.74, 6) is 0.257. The van der Waals surface area contributed by atoms with Crippen molar-refractivity contribution in [2.24, 2.45) is 4.99 Å². The molecule has 0 radical (unpaired) electrons. The van der Waals surface area contributed by atoms with Gasteiger partial charge < -0.3 is 10.6 Å². The summed E-state index contributed by atoms with van der Waals surface area (Å²) in [4.78, 5) is 16.7. The minimum absolute atomic E-state index is 0.0172. The van der Waals surface area contributed by atoms with Crippen molar-refractivity contribution in [3.05, 3.63) is 64.7 Å². The van der Waals surface area contributed by atoms with Crippen molar-refractivity contribution < 1.29 is 13.2 Å². The number of fused-ring (bicyclic) bond motifs is 1. The molecule has 2 heterocycles. The molecule has 1 amide bonds. The molecule has 0 bridgehead atoms. The summed E-state index contributed by atoms with van der Waals surface area (Å²) < 4.78 is 23.3. The third kappa shape index (κ3) is 5.12. The van der Waals surface area contributed by atoms with Gasteiger partial charge in [0.25, 0.3) is 0 Å². The lowest BCUT2D eigenvalue weighted by molar-refractivity contribution is -0.120. The lowest BCUT2D eigenvalue weighted by atomic mass is 10.1. The minimum atomic E-state index is -2.94. The smallest absolute Gasteiger partial charge is 0.224 e. The van der Waals surface area contributed by atoms with Gasteiger partial charge in [-0.05, 0) is 29.3 Å². The number of nitrogens with zero attached hydrogens (tertiary/aromatic N) is 1. The molecule has 1 fully saturated rings. The largest absolute Gasteiger partial charge is 0.352 e. The molecule has 0 aliphatic carbocycles. The van der Waals surface area contributed by atoms with Crippen LogP contribution in [0.15, 0.2) is 53.5 Å². The summed E-state index contributed by atoms with van der Waals surface area (Å²) in [5, 5.41) is 7.52. The third-order valence-corrected chi connectivity index (χ3v) is 8.33. The predicted molar refractivity (Wildman–Crippen MR) is 118 cm³/mol. The highest BCUT2D eigenvalue weighted by atomic mass is 35.5. The van der Waals surface area contributed by atoms with Crippen molar-refractivity contribution in [1.29, 1.82) is 0 Å². The van der Waals surface area contributed by atoms with E-state index in [0.29, 0.717) is 11.6 Å². The number of hydrogen-bond acceptors (Lipinski definition) is 6. The number of carbonyl (C=O) groups is 1. The first kappa shape index (κ1) is 20.3. The molecule has 2 N–H and O–H groups in total. The predicted octanol–water partition coefficient (Wildman–Crippen LogP) is 2.88. The zero-order chi connectivity index (χ0) is 20.4. The number of benzene rings is 2. The number of nitrogens with one attached hydrogen (secondary N) is 2. The highest BCUT2D eigenvalue weighted by Crippen LogP contribution is 2.34. The maximum Gasteiger partial charge on any atom is 0.224 e.